The second-order valence-corrected chi connectivity index (χ2v) is 10.1. The molecule has 10 nitrogen and oxygen atoms in total. The third kappa shape index (κ3) is 3.20. The van der Waals surface area contributed by atoms with Crippen LogP contribution in [0.5, 0.6) is 0 Å². The quantitative estimate of drug-likeness (QED) is 0.494. The Morgan fingerprint density at radius 3 is 2.45 bits per heavy atom. The number of nitro benzene ring substituents is 1. The predicted molar refractivity (Wildman–Crippen MR) is 113 cm³/mol. The maximum Gasteiger partial charge on any atom is 0.414 e. The summed E-state index contributed by atoms with van der Waals surface area (Å²) in [6.07, 6.45) is -1.02. The van der Waals surface area contributed by atoms with Crippen LogP contribution in [-0.4, -0.2) is 58.0 Å². The van der Waals surface area contributed by atoms with Gasteiger partial charge in [-0.1, -0.05) is 0 Å². The molecule has 3 heterocycles. The normalized spacial score (nSPS) is 23.4. The molecule has 3 aliphatic heterocycles. The molecule has 0 aliphatic carbocycles. The first-order valence-electron chi connectivity index (χ1n) is 10.3. The summed E-state index contributed by atoms with van der Waals surface area (Å²) in [7, 11) is 0. The van der Waals surface area contributed by atoms with Crippen LogP contribution < -0.4 is 9.80 Å². The highest BCUT2D eigenvalue weighted by atomic mass is 16.6. The van der Waals surface area contributed by atoms with Gasteiger partial charge in [-0.3, -0.25) is 24.7 Å². The molecule has 0 N–H and O–H groups in total. The minimum absolute atomic E-state index is 0.183. The molecule has 10 heteroatoms. The molecule has 31 heavy (non-hydrogen) atoms. The highest BCUT2D eigenvalue weighted by Gasteiger charge is 2.60. The molecule has 0 saturated carbocycles. The number of nitro groups is 1. The molecule has 1 aromatic carbocycles. The van der Waals surface area contributed by atoms with Gasteiger partial charge in [-0.2, -0.15) is 0 Å². The summed E-state index contributed by atoms with van der Waals surface area (Å²) in [4.78, 5) is 42.6. The van der Waals surface area contributed by atoms with Crippen molar-refractivity contribution in [1.82, 2.24) is 4.90 Å². The fraction of sp³-hybridized carbons (Fsp3) is 0.619. The van der Waals surface area contributed by atoms with E-state index >= 15 is 0 Å². The molecule has 1 saturated heterocycles. The first-order valence-corrected chi connectivity index (χ1v) is 10.3. The summed E-state index contributed by atoms with van der Waals surface area (Å²) < 4.78 is 11.8. The average Bonchev–Trinajstić information content (AvgIpc) is 2.80. The van der Waals surface area contributed by atoms with Gasteiger partial charge >= 0.3 is 6.09 Å². The first kappa shape index (κ1) is 21.4. The van der Waals surface area contributed by atoms with Crippen LogP contribution in [0.25, 0.3) is 0 Å². The van der Waals surface area contributed by atoms with Gasteiger partial charge < -0.3 is 14.4 Å². The van der Waals surface area contributed by atoms with E-state index < -0.39 is 34.1 Å². The van der Waals surface area contributed by atoms with Crippen molar-refractivity contribution >= 4 is 29.1 Å². The third-order valence-corrected chi connectivity index (χ3v) is 5.75. The summed E-state index contributed by atoms with van der Waals surface area (Å²) in [6, 6.07) is 2.62. The minimum Gasteiger partial charge on any atom is -0.443 e. The number of carbonyl (C=O) groups is 2. The van der Waals surface area contributed by atoms with Crippen LogP contribution in [0, 0.1) is 10.1 Å². The Hall–Kier alpha value is -2.88. The van der Waals surface area contributed by atoms with Crippen LogP contribution in [0.1, 0.15) is 58.8 Å². The number of hydrogen-bond donors (Lipinski definition) is 0. The molecular weight excluding hydrogens is 404 g/mol. The molecule has 168 valence electrons. The molecule has 1 fully saturated rings. The zero-order valence-electron chi connectivity index (χ0n) is 18.9. The van der Waals surface area contributed by atoms with Gasteiger partial charge in [-0.15, -0.1) is 0 Å². The van der Waals surface area contributed by atoms with E-state index in [-0.39, 0.29) is 23.7 Å². The van der Waals surface area contributed by atoms with E-state index in [9.17, 15) is 19.7 Å². The highest BCUT2D eigenvalue weighted by molar-refractivity contribution is 6.09. The second-order valence-electron chi connectivity index (χ2n) is 10.1. The molecular formula is C21H28N4O6. The van der Waals surface area contributed by atoms with Crippen molar-refractivity contribution in [3.63, 3.8) is 0 Å². The van der Waals surface area contributed by atoms with Gasteiger partial charge in [0.05, 0.1) is 21.9 Å². The molecule has 0 bridgehead atoms. The third-order valence-electron chi connectivity index (χ3n) is 5.75. The SMILES string of the molecule is CC(C)(C)OC(=O)N1CCN2c3c(cc([N+](=O)[O-])cc31)C(=O)N1[C@H]2C(C)(C)OC1(C)C. The Morgan fingerprint density at radius 2 is 1.87 bits per heavy atom. The maximum atomic E-state index is 13.6. The summed E-state index contributed by atoms with van der Waals surface area (Å²) in [5.41, 5.74) is -1.58. The molecule has 1 atom stereocenters. The lowest BCUT2D eigenvalue weighted by molar-refractivity contribution is -0.384. The first-order chi connectivity index (χ1) is 14.1. The van der Waals surface area contributed by atoms with Gasteiger partial charge in [0.15, 0.2) is 0 Å². The lowest BCUT2D eigenvalue weighted by atomic mass is 9.94. The Morgan fingerprint density at radius 1 is 1.23 bits per heavy atom. The van der Waals surface area contributed by atoms with Crippen LogP contribution >= 0.6 is 0 Å². The molecule has 0 aromatic heterocycles. The highest BCUT2D eigenvalue weighted by Crippen LogP contribution is 2.51. The molecule has 1 aromatic rings. The minimum atomic E-state index is -0.893. The van der Waals surface area contributed by atoms with Crippen LogP contribution in [0.2, 0.25) is 0 Å². The Balaban J connectivity index is 1.92. The topological polar surface area (TPSA) is 105 Å². The van der Waals surface area contributed by atoms with Crippen LogP contribution in [0.4, 0.5) is 21.9 Å². The van der Waals surface area contributed by atoms with Gasteiger partial charge in [-0.05, 0) is 48.5 Å². The van der Waals surface area contributed by atoms with Crippen molar-refractivity contribution in [1.29, 1.82) is 0 Å². The molecule has 0 spiro atoms. The number of ether oxygens (including phenoxy) is 2. The van der Waals surface area contributed by atoms with Crippen LogP contribution in [0.3, 0.4) is 0 Å². The van der Waals surface area contributed by atoms with E-state index in [1.807, 2.05) is 32.6 Å². The predicted octanol–water partition coefficient (Wildman–Crippen LogP) is 3.48. The average molecular weight is 432 g/mol. The number of anilines is 2. The number of fused-ring (bicyclic) bond motifs is 2. The molecule has 4 rings (SSSR count). The van der Waals surface area contributed by atoms with Gasteiger partial charge in [0.1, 0.15) is 23.1 Å². The van der Waals surface area contributed by atoms with Gasteiger partial charge in [-0.25, -0.2) is 4.79 Å². The Labute approximate surface area is 180 Å². The summed E-state index contributed by atoms with van der Waals surface area (Å²) in [5.74, 6) is -0.359. The van der Waals surface area contributed by atoms with E-state index in [1.54, 1.807) is 25.7 Å². The molecule has 2 amide bonds. The number of carbonyl (C=O) groups excluding carboxylic acids is 2. The van der Waals surface area contributed by atoms with E-state index in [4.69, 9.17) is 9.47 Å². The van der Waals surface area contributed by atoms with Crippen molar-refractivity contribution in [2.45, 2.75) is 71.6 Å². The number of benzene rings is 1. The van der Waals surface area contributed by atoms with E-state index in [0.29, 0.717) is 17.9 Å². The number of nitrogens with zero attached hydrogens (tertiary/aromatic N) is 4. The molecule has 0 radical (unpaired) electrons. The van der Waals surface area contributed by atoms with Gasteiger partial charge in [0.2, 0.25) is 0 Å². The largest absolute Gasteiger partial charge is 0.443 e. The smallest absolute Gasteiger partial charge is 0.414 e. The number of amides is 2. The van der Waals surface area contributed by atoms with Crippen molar-refractivity contribution in [2.24, 2.45) is 0 Å². The number of hydrogen-bond acceptors (Lipinski definition) is 7. The van der Waals surface area contributed by atoms with E-state index in [1.165, 1.54) is 17.0 Å². The zero-order valence-corrected chi connectivity index (χ0v) is 18.9. The fourth-order valence-electron chi connectivity index (χ4n) is 4.92. The van der Waals surface area contributed by atoms with Gasteiger partial charge in [0, 0.05) is 25.2 Å². The van der Waals surface area contributed by atoms with Crippen LogP contribution in [-0.2, 0) is 9.47 Å². The maximum absolute atomic E-state index is 13.6. The lowest BCUT2D eigenvalue weighted by Gasteiger charge is -2.50. The fourth-order valence-corrected chi connectivity index (χ4v) is 4.92. The van der Waals surface area contributed by atoms with Crippen molar-refractivity contribution in [2.75, 3.05) is 22.9 Å². The van der Waals surface area contributed by atoms with E-state index in [2.05, 4.69) is 0 Å². The van der Waals surface area contributed by atoms with Crippen molar-refractivity contribution < 1.29 is 24.0 Å². The standard InChI is InChI=1S/C21H28N4O6/c1-19(2,3)30-18(27)22-8-9-23-15-13(10-12(25(28)29)11-14(15)22)16(26)24-17(23)20(4,5)31-21(24,6)7/h10-11,17H,8-9H2,1-7H3/t17-/m0/s1. The second kappa shape index (κ2) is 6.32. The summed E-state index contributed by atoms with van der Waals surface area (Å²) in [5, 5.41) is 11.6. The number of rotatable bonds is 1. The molecule has 3 aliphatic rings. The van der Waals surface area contributed by atoms with Crippen molar-refractivity contribution in [3.05, 3.63) is 27.8 Å². The summed E-state index contributed by atoms with van der Waals surface area (Å²) >= 11 is 0. The Kier molecular flexibility index (Phi) is 4.35. The van der Waals surface area contributed by atoms with Crippen LogP contribution in [0.15, 0.2) is 12.1 Å². The lowest BCUT2D eigenvalue weighted by Crippen LogP contribution is -2.64. The number of non-ortho nitro benzene ring substituents is 1. The van der Waals surface area contributed by atoms with E-state index in [0.717, 1.165) is 0 Å². The van der Waals surface area contributed by atoms with Gasteiger partial charge in [0.25, 0.3) is 11.6 Å². The van der Waals surface area contributed by atoms with Crippen molar-refractivity contribution in [3.8, 4) is 0 Å². The molecule has 0 unspecified atom stereocenters. The zero-order chi connectivity index (χ0) is 23.1. The monoisotopic (exact) mass is 432 g/mol. The Bertz CT molecular complexity index is 996. The summed E-state index contributed by atoms with van der Waals surface area (Å²) in [6.45, 7) is 13.4.